The average Bonchev–Trinajstić information content (AvgIpc) is 2.42. The van der Waals surface area contributed by atoms with Gasteiger partial charge in [-0.2, -0.15) is 0 Å². The molecule has 3 heteroatoms. The molecule has 2 saturated heterocycles. The van der Waals surface area contributed by atoms with Crippen LogP contribution in [0.4, 0.5) is 0 Å². The van der Waals surface area contributed by atoms with Crippen molar-refractivity contribution in [3.63, 3.8) is 0 Å². The van der Waals surface area contributed by atoms with Gasteiger partial charge in [-0.25, -0.2) is 0 Å². The molecule has 2 aliphatic heterocycles. The first-order chi connectivity index (χ1) is 8.59. The second-order valence-corrected chi connectivity index (χ2v) is 6.38. The Labute approximate surface area is 111 Å². The first-order valence-corrected chi connectivity index (χ1v) is 7.59. The minimum atomic E-state index is -0.0639. The van der Waals surface area contributed by atoms with Gasteiger partial charge >= 0.3 is 0 Å². The molecule has 18 heavy (non-hydrogen) atoms. The highest BCUT2D eigenvalue weighted by Crippen LogP contribution is 2.36. The van der Waals surface area contributed by atoms with Gasteiger partial charge in [-0.15, -0.1) is 0 Å². The molecular weight excluding hydrogens is 224 g/mol. The van der Waals surface area contributed by atoms with E-state index in [-0.39, 0.29) is 5.41 Å². The second kappa shape index (κ2) is 5.60. The third-order valence-corrected chi connectivity index (χ3v) is 5.31. The number of carbonyl (C=O) groups excluding carboxylic acids is 1. The summed E-state index contributed by atoms with van der Waals surface area (Å²) < 4.78 is 0. The fourth-order valence-electron chi connectivity index (χ4n) is 3.41. The predicted octanol–water partition coefficient (Wildman–Crippen LogP) is 2.27. The van der Waals surface area contributed by atoms with Crippen molar-refractivity contribution in [3.05, 3.63) is 0 Å². The molecule has 3 nitrogen and oxygen atoms in total. The Morgan fingerprint density at radius 1 is 1.28 bits per heavy atom. The SMILES string of the molecule is CCC1(C(=O)N2CCC(C)C(C)C2)CCNCC1. The molecule has 104 valence electrons. The average molecular weight is 252 g/mol. The molecule has 0 spiro atoms. The van der Waals surface area contributed by atoms with Crippen molar-refractivity contribution >= 4 is 5.91 Å². The van der Waals surface area contributed by atoms with E-state index in [0.29, 0.717) is 11.8 Å². The van der Waals surface area contributed by atoms with E-state index in [1.54, 1.807) is 0 Å². The molecule has 2 rings (SSSR count). The molecule has 0 radical (unpaired) electrons. The van der Waals surface area contributed by atoms with E-state index in [1.807, 2.05) is 0 Å². The van der Waals surface area contributed by atoms with Gasteiger partial charge in [0.15, 0.2) is 0 Å². The summed E-state index contributed by atoms with van der Waals surface area (Å²) in [4.78, 5) is 15.0. The molecule has 2 aliphatic rings. The summed E-state index contributed by atoms with van der Waals surface area (Å²) in [6, 6.07) is 0. The maximum absolute atomic E-state index is 12.9. The number of amides is 1. The minimum Gasteiger partial charge on any atom is -0.342 e. The van der Waals surface area contributed by atoms with E-state index < -0.39 is 0 Å². The monoisotopic (exact) mass is 252 g/mol. The van der Waals surface area contributed by atoms with Crippen molar-refractivity contribution in [1.82, 2.24) is 10.2 Å². The standard InChI is InChI=1S/C15H28N2O/c1-4-15(6-8-16-9-7-15)14(18)17-10-5-12(2)13(3)11-17/h12-13,16H,4-11H2,1-3H3. The van der Waals surface area contributed by atoms with Gasteiger partial charge in [-0.3, -0.25) is 4.79 Å². The van der Waals surface area contributed by atoms with E-state index >= 15 is 0 Å². The normalized spacial score (nSPS) is 32.3. The van der Waals surface area contributed by atoms with Crippen molar-refractivity contribution in [1.29, 1.82) is 0 Å². The highest BCUT2D eigenvalue weighted by Gasteiger charge is 2.41. The van der Waals surface area contributed by atoms with Gasteiger partial charge in [0, 0.05) is 13.1 Å². The van der Waals surface area contributed by atoms with Crippen LogP contribution in [0.1, 0.15) is 46.5 Å². The Morgan fingerprint density at radius 2 is 1.94 bits per heavy atom. The topological polar surface area (TPSA) is 32.3 Å². The van der Waals surface area contributed by atoms with Crippen molar-refractivity contribution in [2.75, 3.05) is 26.2 Å². The maximum Gasteiger partial charge on any atom is 0.228 e. The molecule has 0 aromatic rings. The fraction of sp³-hybridized carbons (Fsp3) is 0.933. The summed E-state index contributed by atoms with van der Waals surface area (Å²) in [6.07, 6.45) is 4.20. The summed E-state index contributed by atoms with van der Waals surface area (Å²) in [5, 5.41) is 3.38. The van der Waals surface area contributed by atoms with Gasteiger partial charge in [0.25, 0.3) is 0 Å². The van der Waals surface area contributed by atoms with Crippen LogP contribution < -0.4 is 5.32 Å². The lowest BCUT2D eigenvalue weighted by Gasteiger charge is -2.43. The zero-order chi connectivity index (χ0) is 13.2. The van der Waals surface area contributed by atoms with Gasteiger partial charge in [0.2, 0.25) is 5.91 Å². The zero-order valence-corrected chi connectivity index (χ0v) is 12.2. The number of rotatable bonds is 2. The molecule has 0 aromatic carbocycles. The lowest BCUT2D eigenvalue weighted by atomic mass is 9.74. The maximum atomic E-state index is 12.9. The molecule has 0 saturated carbocycles. The Bertz CT molecular complexity index is 297. The molecular formula is C15H28N2O. The molecule has 2 heterocycles. The van der Waals surface area contributed by atoms with Crippen LogP contribution in [0.5, 0.6) is 0 Å². The van der Waals surface area contributed by atoms with E-state index in [4.69, 9.17) is 0 Å². The number of nitrogens with one attached hydrogen (secondary N) is 1. The quantitative estimate of drug-likeness (QED) is 0.817. The Balaban J connectivity index is 2.05. The molecule has 0 bridgehead atoms. The summed E-state index contributed by atoms with van der Waals surface area (Å²) >= 11 is 0. The van der Waals surface area contributed by atoms with Crippen LogP contribution in [0.2, 0.25) is 0 Å². The van der Waals surface area contributed by atoms with Crippen molar-refractivity contribution in [2.45, 2.75) is 46.5 Å². The number of piperidine rings is 2. The minimum absolute atomic E-state index is 0.0639. The van der Waals surface area contributed by atoms with E-state index in [2.05, 4.69) is 31.0 Å². The lowest BCUT2D eigenvalue weighted by Crippen LogP contribution is -2.52. The van der Waals surface area contributed by atoms with E-state index in [1.165, 1.54) is 6.42 Å². The van der Waals surface area contributed by atoms with Crippen LogP contribution in [0.25, 0.3) is 0 Å². The summed E-state index contributed by atoms with van der Waals surface area (Å²) in [5.74, 6) is 1.85. The highest BCUT2D eigenvalue weighted by atomic mass is 16.2. The summed E-state index contributed by atoms with van der Waals surface area (Å²) in [6.45, 7) is 10.7. The molecule has 2 atom stereocenters. The number of hydrogen-bond acceptors (Lipinski definition) is 2. The fourth-order valence-corrected chi connectivity index (χ4v) is 3.41. The van der Waals surface area contributed by atoms with Crippen LogP contribution in [0.3, 0.4) is 0 Å². The van der Waals surface area contributed by atoms with Crippen LogP contribution in [-0.2, 0) is 4.79 Å². The van der Waals surface area contributed by atoms with Crippen LogP contribution >= 0.6 is 0 Å². The molecule has 0 aliphatic carbocycles. The summed E-state index contributed by atoms with van der Waals surface area (Å²) in [5.41, 5.74) is -0.0639. The number of likely N-dealkylation sites (tertiary alicyclic amines) is 1. The largest absolute Gasteiger partial charge is 0.342 e. The van der Waals surface area contributed by atoms with Crippen molar-refractivity contribution in [3.8, 4) is 0 Å². The van der Waals surface area contributed by atoms with Crippen molar-refractivity contribution < 1.29 is 4.79 Å². The van der Waals surface area contributed by atoms with Gasteiger partial charge in [-0.1, -0.05) is 20.8 Å². The Kier molecular flexibility index (Phi) is 4.31. The number of nitrogens with zero attached hydrogens (tertiary/aromatic N) is 1. The Morgan fingerprint density at radius 3 is 2.50 bits per heavy atom. The van der Waals surface area contributed by atoms with Crippen molar-refractivity contribution in [2.24, 2.45) is 17.3 Å². The van der Waals surface area contributed by atoms with Gasteiger partial charge in [-0.05, 0) is 50.6 Å². The van der Waals surface area contributed by atoms with Gasteiger partial charge in [0.1, 0.15) is 0 Å². The summed E-state index contributed by atoms with van der Waals surface area (Å²) in [7, 11) is 0. The lowest BCUT2D eigenvalue weighted by molar-refractivity contribution is -0.146. The second-order valence-electron chi connectivity index (χ2n) is 6.38. The zero-order valence-electron chi connectivity index (χ0n) is 12.2. The molecule has 2 fully saturated rings. The first-order valence-electron chi connectivity index (χ1n) is 7.59. The predicted molar refractivity (Wildman–Crippen MR) is 74.4 cm³/mol. The molecule has 0 aromatic heterocycles. The molecule has 1 N–H and O–H groups in total. The van der Waals surface area contributed by atoms with Gasteiger partial charge in [0.05, 0.1) is 5.41 Å². The van der Waals surface area contributed by atoms with E-state index in [0.717, 1.165) is 51.4 Å². The number of carbonyl (C=O) groups is 1. The van der Waals surface area contributed by atoms with Crippen LogP contribution in [-0.4, -0.2) is 37.0 Å². The smallest absolute Gasteiger partial charge is 0.228 e. The third-order valence-electron chi connectivity index (χ3n) is 5.31. The van der Waals surface area contributed by atoms with Crippen LogP contribution in [0, 0.1) is 17.3 Å². The molecule has 2 unspecified atom stereocenters. The third kappa shape index (κ3) is 2.56. The highest BCUT2D eigenvalue weighted by molar-refractivity contribution is 5.83. The van der Waals surface area contributed by atoms with Crippen LogP contribution in [0.15, 0.2) is 0 Å². The van der Waals surface area contributed by atoms with Gasteiger partial charge < -0.3 is 10.2 Å². The first kappa shape index (κ1) is 13.9. The number of hydrogen-bond donors (Lipinski definition) is 1. The Hall–Kier alpha value is -0.570. The molecule has 1 amide bonds. The van der Waals surface area contributed by atoms with E-state index in [9.17, 15) is 4.79 Å².